The average molecular weight is 475 g/mol. The van der Waals surface area contributed by atoms with E-state index in [0.717, 1.165) is 32.4 Å². The summed E-state index contributed by atoms with van der Waals surface area (Å²) in [6.07, 6.45) is 3.15. The second-order valence-corrected chi connectivity index (χ2v) is 8.61. The van der Waals surface area contributed by atoms with Crippen LogP contribution in [-0.4, -0.2) is 26.2 Å². The molecule has 0 aliphatic carbocycles. The maximum atomic E-state index is 13.8. The Morgan fingerprint density at radius 1 is 0.971 bits per heavy atom. The molecule has 8 nitrogen and oxygen atoms in total. The number of esters is 1. The summed E-state index contributed by atoms with van der Waals surface area (Å²) in [6, 6.07) is 11.4. The minimum Gasteiger partial charge on any atom is -0.497 e. The summed E-state index contributed by atoms with van der Waals surface area (Å²) in [5.41, 5.74) is 0.829. The summed E-state index contributed by atoms with van der Waals surface area (Å²) in [5, 5.41) is 1.07. The number of hydrogen-bond acceptors (Lipinski definition) is 8. The predicted molar refractivity (Wildman–Crippen MR) is 132 cm³/mol. The summed E-state index contributed by atoms with van der Waals surface area (Å²) in [7, 11) is 1.56. The van der Waals surface area contributed by atoms with Crippen LogP contribution in [0.15, 0.2) is 60.9 Å². The van der Waals surface area contributed by atoms with E-state index in [1.165, 1.54) is 13.0 Å². The third kappa shape index (κ3) is 4.39. The molecule has 0 saturated carbocycles. The lowest BCUT2D eigenvalue weighted by Crippen LogP contribution is -2.32. The Hall–Kier alpha value is -4.07. The van der Waals surface area contributed by atoms with Gasteiger partial charge in [0.2, 0.25) is 5.88 Å². The second-order valence-electron chi connectivity index (χ2n) is 8.61. The lowest BCUT2D eigenvalue weighted by atomic mass is 9.99. The van der Waals surface area contributed by atoms with Crippen molar-refractivity contribution in [2.24, 2.45) is 0 Å². The molecule has 180 valence electrons. The van der Waals surface area contributed by atoms with Crippen LogP contribution in [0.5, 0.6) is 11.5 Å². The first-order chi connectivity index (χ1) is 16.9. The number of benzene rings is 2. The van der Waals surface area contributed by atoms with Gasteiger partial charge in [-0.25, -0.2) is 4.79 Å². The van der Waals surface area contributed by atoms with Gasteiger partial charge in [-0.15, -0.1) is 0 Å². The summed E-state index contributed by atoms with van der Waals surface area (Å²) >= 11 is 0. The summed E-state index contributed by atoms with van der Waals surface area (Å²) in [6.45, 7) is 2.81. The molecule has 0 atom stereocenters. The molecule has 1 saturated heterocycles. The van der Waals surface area contributed by atoms with Crippen molar-refractivity contribution in [1.29, 1.82) is 0 Å². The van der Waals surface area contributed by atoms with E-state index in [-0.39, 0.29) is 23.2 Å². The fourth-order valence-electron chi connectivity index (χ4n) is 4.60. The summed E-state index contributed by atoms with van der Waals surface area (Å²) in [4.78, 5) is 39.8. The number of nitrogens with zero attached hydrogens (tertiary/aromatic N) is 1. The van der Waals surface area contributed by atoms with Crippen molar-refractivity contribution in [3.63, 3.8) is 0 Å². The quantitative estimate of drug-likeness (QED) is 0.238. The van der Waals surface area contributed by atoms with Gasteiger partial charge in [-0.05, 0) is 49.6 Å². The van der Waals surface area contributed by atoms with E-state index in [4.69, 9.17) is 18.3 Å². The van der Waals surface area contributed by atoms with E-state index in [2.05, 4.69) is 4.90 Å². The molecule has 2 aromatic carbocycles. The topological polar surface area (TPSA) is 99.2 Å². The van der Waals surface area contributed by atoms with Crippen LogP contribution >= 0.6 is 0 Å². The van der Waals surface area contributed by atoms with E-state index < -0.39 is 11.6 Å². The van der Waals surface area contributed by atoms with Crippen LogP contribution in [0.4, 0.5) is 5.88 Å². The first kappa shape index (κ1) is 22.7. The molecule has 4 aromatic rings. The van der Waals surface area contributed by atoms with Gasteiger partial charge in [0, 0.05) is 49.5 Å². The Morgan fingerprint density at radius 2 is 1.74 bits per heavy atom. The largest absolute Gasteiger partial charge is 0.497 e. The fraction of sp³-hybridized carbons (Fsp3) is 0.296. The zero-order valence-electron chi connectivity index (χ0n) is 19.6. The van der Waals surface area contributed by atoms with Gasteiger partial charge in [0.1, 0.15) is 22.7 Å². The molecule has 0 N–H and O–H groups in total. The molecule has 8 heteroatoms. The van der Waals surface area contributed by atoms with E-state index in [1.54, 1.807) is 43.5 Å². The van der Waals surface area contributed by atoms with Crippen LogP contribution in [0, 0.1) is 0 Å². The third-order valence-electron chi connectivity index (χ3n) is 6.27. The van der Waals surface area contributed by atoms with Crippen molar-refractivity contribution in [2.45, 2.75) is 32.6 Å². The number of fused-ring (bicyclic) bond motifs is 2. The molecule has 0 bridgehead atoms. The molecule has 1 fully saturated rings. The molecule has 0 radical (unpaired) electrons. The first-order valence-electron chi connectivity index (χ1n) is 11.6. The zero-order valence-corrected chi connectivity index (χ0v) is 19.6. The van der Waals surface area contributed by atoms with E-state index in [1.807, 2.05) is 0 Å². The van der Waals surface area contributed by atoms with Crippen LogP contribution in [-0.2, 0) is 11.2 Å². The van der Waals surface area contributed by atoms with Crippen molar-refractivity contribution < 1.29 is 23.1 Å². The van der Waals surface area contributed by atoms with Gasteiger partial charge in [0.05, 0.1) is 18.1 Å². The molecule has 0 spiro atoms. The van der Waals surface area contributed by atoms with Crippen LogP contribution in [0.25, 0.3) is 21.9 Å². The molecule has 35 heavy (non-hydrogen) atoms. The Balaban J connectivity index is 1.76. The minimum atomic E-state index is -0.535. The molecule has 1 aliphatic heterocycles. The lowest BCUT2D eigenvalue weighted by Gasteiger charge is -2.29. The lowest BCUT2D eigenvalue weighted by molar-refractivity contribution is -0.131. The molecular formula is C27H25NO7. The SMILES string of the molecule is COc1ccc2c(=O)c(Cc3c(OC(C)=O)ccc4ccc(=O)oc34)c(N3CCCCC3)oc2c1. The summed E-state index contributed by atoms with van der Waals surface area (Å²) < 4.78 is 22.6. The number of methoxy groups -OCH3 is 1. The van der Waals surface area contributed by atoms with Gasteiger partial charge < -0.3 is 23.2 Å². The van der Waals surface area contributed by atoms with Crippen molar-refractivity contribution in [3.8, 4) is 11.5 Å². The van der Waals surface area contributed by atoms with Gasteiger partial charge in [-0.1, -0.05) is 0 Å². The fourth-order valence-corrected chi connectivity index (χ4v) is 4.60. The average Bonchev–Trinajstić information content (AvgIpc) is 2.86. The number of carbonyl (C=O) groups is 1. The highest BCUT2D eigenvalue weighted by molar-refractivity contribution is 5.85. The highest BCUT2D eigenvalue weighted by Crippen LogP contribution is 2.34. The number of piperidine rings is 1. The minimum absolute atomic E-state index is 0.0586. The molecule has 0 unspecified atom stereocenters. The smallest absolute Gasteiger partial charge is 0.336 e. The Kier molecular flexibility index (Phi) is 6.03. The molecule has 1 aliphatic rings. The van der Waals surface area contributed by atoms with Gasteiger partial charge in [0.25, 0.3) is 0 Å². The third-order valence-corrected chi connectivity index (χ3v) is 6.27. The van der Waals surface area contributed by atoms with Crippen LogP contribution < -0.4 is 25.4 Å². The van der Waals surface area contributed by atoms with Crippen molar-refractivity contribution >= 4 is 33.8 Å². The van der Waals surface area contributed by atoms with Gasteiger partial charge in [-0.3, -0.25) is 9.59 Å². The number of rotatable bonds is 5. The second kappa shape index (κ2) is 9.29. The zero-order chi connectivity index (χ0) is 24.5. The number of anilines is 1. The van der Waals surface area contributed by atoms with E-state index >= 15 is 0 Å². The molecule has 2 aromatic heterocycles. The van der Waals surface area contributed by atoms with Gasteiger partial charge >= 0.3 is 11.6 Å². The number of ether oxygens (including phenoxy) is 2. The Labute approximate surface area is 200 Å². The van der Waals surface area contributed by atoms with Crippen LogP contribution in [0.2, 0.25) is 0 Å². The van der Waals surface area contributed by atoms with Gasteiger partial charge in [0.15, 0.2) is 5.43 Å². The monoisotopic (exact) mass is 475 g/mol. The molecule has 5 rings (SSSR count). The predicted octanol–water partition coefficient (Wildman–Crippen LogP) is 4.41. The normalized spacial score (nSPS) is 13.8. The maximum Gasteiger partial charge on any atom is 0.336 e. The van der Waals surface area contributed by atoms with Crippen LogP contribution in [0.1, 0.15) is 37.3 Å². The maximum absolute atomic E-state index is 13.8. The van der Waals surface area contributed by atoms with Crippen LogP contribution in [0.3, 0.4) is 0 Å². The van der Waals surface area contributed by atoms with Crippen molar-refractivity contribution in [2.75, 3.05) is 25.1 Å². The molecule has 0 amide bonds. The summed E-state index contributed by atoms with van der Waals surface area (Å²) in [5.74, 6) is 0.779. The van der Waals surface area contributed by atoms with Crippen molar-refractivity contribution in [3.05, 3.63) is 74.2 Å². The highest BCUT2D eigenvalue weighted by Gasteiger charge is 2.25. The Bertz CT molecular complexity index is 1540. The van der Waals surface area contributed by atoms with Crippen molar-refractivity contribution in [1.82, 2.24) is 0 Å². The van der Waals surface area contributed by atoms with E-state index in [9.17, 15) is 14.4 Å². The molecular weight excluding hydrogens is 450 g/mol. The van der Waals surface area contributed by atoms with E-state index in [0.29, 0.717) is 39.1 Å². The number of hydrogen-bond donors (Lipinski definition) is 0. The standard InChI is InChI=1S/C27H25NO7/c1-16(29)33-22-10-6-17-7-11-24(30)35-26(17)20(22)15-21-25(31)19-9-8-18(32-2)14-23(19)34-27(21)28-12-4-3-5-13-28/h6-11,14H,3-5,12-13,15H2,1-2H3. The Morgan fingerprint density at radius 3 is 2.49 bits per heavy atom. The number of carbonyl (C=O) groups excluding carboxylic acids is 1. The van der Waals surface area contributed by atoms with Gasteiger partial charge in [-0.2, -0.15) is 0 Å². The molecule has 3 heterocycles. The first-order valence-corrected chi connectivity index (χ1v) is 11.6. The highest BCUT2D eigenvalue weighted by atomic mass is 16.5.